The van der Waals surface area contributed by atoms with Crippen molar-refractivity contribution in [3.05, 3.63) is 47.5 Å². The molecule has 1 aliphatic rings. The maximum Gasteiger partial charge on any atom is 0.288 e. The Morgan fingerprint density at radius 2 is 1.42 bits per heavy atom. The summed E-state index contributed by atoms with van der Waals surface area (Å²) in [6.45, 7) is 1.91. The van der Waals surface area contributed by atoms with Crippen molar-refractivity contribution in [2.45, 2.75) is 38.3 Å². The molecule has 1 heterocycles. The normalized spacial score (nSPS) is 19.8. The molecule has 1 aliphatic heterocycles. The van der Waals surface area contributed by atoms with Crippen LogP contribution in [-0.4, -0.2) is 69.4 Å². The smallest absolute Gasteiger partial charge is 0.288 e. The fraction of sp³-hybridized carbons (Fsp3) is 0.458. The number of aliphatic hydroxyl groups excluding tert-OH is 1. The highest BCUT2D eigenvalue weighted by atomic mass is 19.1. The number of hydrogen-bond donors (Lipinski definition) is 1. The quantitative estimate of drug-likeness (QED) is 0.613. The number of hydrogen-bond acceptors (Lipinski definition) is 8. The Balaban J connectivity index is 2.00. The molecule has 0 aromatic heterocycles. The van der Waals surface area contributed by atoms with Crippen LogP contribution in [0, 0.1) is 0 Å². The number of amidine groups is 1. The molecule has 9 heteroatoms. The number of aliphatic hydroxyl groups is 1. The largest absolute Gasteiger partial charge is 0.497 e. The third kappa shape index (κ3) is 5.60. The lowest BCUT2D eigenvalue weighted by molar-refractivity contribution is 0.000755. The highest BCUT2D eigenvalue weighted by molar-refractivity contribution is 5.75. The van der Waals surface area contributed by atoms with Crippen molar-refractivity contribution in [1.29, 1.82) is 0 Å². The SMILES string of the molecule is COc1ccc(CN(Cc2ccc(OC)cc2OC)C2=N[C@@H](C)[C@@H](F)[C@@H](CO)O2)c(OC)c1. The van der Waals surface area contributed by atoms with Gasteiger partial charge in [0.05, 0.1) is 54.2 Å². The second-order valence-corrected chi connectivity index (χ2v) is 7.65. The third-order valence-electron chi connectivity index (χ3n) is 5.55. The fourth-order valence-corrected chi connectivity index (χ4v) is 3.65. The van der Waals surface area contributed by atoms with Crippen LogP contribution >= 0.6 is 0 Å². The Hall–Kier alpha value is -3.20. The van der Waals surface area contributed by atoms with Gasteiger partial charge in [-0.2, -0.15) is 0 Å². The average Bonchev–Trinajstić information content (AvgIpc) is 2.85. The Morgan fingerprint density at radius 1 is 0.909 bits per heavy atom. The molecule has 0 amide bonds. The summed E-state index contributed by atoms with van der Waals surface area (Å²) in [5, 5.41) is 9.63. The van der Waals surface area contributed by atoms with Gasteiger partial charge in [-0.25, -0.2) is 9.38 Å². The van der Waals surface area contributed by atoms with Crippen molar-refractivity contribution in [3.63, 3.8) is 0 Å². The molecule has 3 atom stereocenters. The zero-order chi connectivity index (χ0) is 24.0. The summed E-state index contributed by atoms with van der Waals surface area (Å²) >= 11 is 0. The standard InChI is InChI=1S/C24H31FN2O6/c1-15-23(25)22(14-28)33-24(26-15)27(12-16-6-8-18(29-2)10-20(16)31-4)13-17-7-9-19(30-3)11-21(17)32-5/h6-11,15,22-23,28H,12-14H2,1-5H3/t15-,22+,23+/m0/s1. The molecule has 0 spiro atoms. The van der Waals surface area contributed by atoms with E-state index in [1.807, 2.05) is 29.2 Å². The molecule has 0 saturated heterocycles. The first kappa shape index (κ1) is 24.4. The van der Waals surface area contributed by atoms with E-state index >= 15 is 0 Å². The zero-order valence-electron chi connectivity index (χ0n) is 19.6. The van der Waals surface area contributed by atoms with Crippen LogP contribution in [0.25, 0.3) is 0 Å². The summed E-state index contributed by atoms with van der Waals surface area (Å²) < 4.78 is 41.9. The van der Waals surface area contributed by atoms with Crippen molar-refractivity contribution < 1.29 is 33.2 Å². The first-order valence-corrected chi connectivity index (χ1v) is 10.6. The minimum absolute atomic E-state index is 0.242. The molecule has 0 radical (unpaired) electrons. The second-order valence-electron chi connectivity index (χ2n) is 7.65. The predicted molar refractivity (Wildman–Crippen MR) is 122 cm³/mol. The van der Waals surface area contributed by atoms with Gasteiger partial charge < -0.3 is 33.7 Å². The van der Waals surface area contributed by atoms with Crippen LogP contribution < -0.4 is 18.9 Å². The van der Waals surface area contributed by atoms with Gasteiger partial charge >= 0.3 is 0 Å². The number of ether oxygens (including phenoxy) is 5. The minimum Gasteiger partial charge on any atom is -0.497 e. The van der Waals surface area contributed by atoms with Crippen LogP contribution in [0.15, 0.2) is 41.4 Å². The molecular weight excluding hydrogens is 431 g/mol. The predicted octanol–water partition coefficient (Wildman–Crippen LogP) is 3.20. The topological polar surface area (TPSA) is 82.0 Å². The Morgan fingerprint density at radius 3 is 1.85 bits per heavy atom. The zero-order valence-corrected chi connectivity index (χ0v) is 19.6. The van der Waals surface area contributed by atoms with Crippen LogP contribution in [-0.2, 0) is 17.8 Å². The fourth-order valence-electron chi connectivity index (χ4n) is 3.65. The van der Waals surface area contributed by atoms with Gasteiger partial charge in [-0.05, 0) is 31.2 Å². The van der Waals surface area contributed by atoms with Crippen LogP contribution in [0.2, 0.25) is 0 Å². The van der Waals surface area contributed by atoms with Crippen molar-refractivity contribution in [1.82, 2.24) is 4.90 Å². The molecule has 0 aliphatic carbocycles. The maximum atomic E-state index is 14.5. The lowest BCUT2D eigenvalue weighted by Gasteiger charge is -2.35. The van der Waals surface area contributed by atoms with Crippen LogP contribution in [0.5, 0.6) is 23.0 Å². The molecular formula is C24H31FN2O6. The van der Waals surface area contributed by atoms with Crippen molar-refractivity contribution in [3.8, 4) is 23.0 Å². The number of benzene rings is 2. The van der Waals surface area contributed by atoms with Gasteiger partial charge in [0.15, 0.2) is 12.3 Å². The summed E-state index contributed by atoms with van der Waals surface area (Å²) in [7, 11) is 6.35. The van der Waals surface area contributed by atoms with Crippen molar-refractivity contribution >= 4 is 6.02 Å². The maximum absolute atomic E-state index is 14.5. The molecule has 0 unspecified atom stereocenters. The first-order chi connectivity index (χ1) is 15.9. The lowest BCUT2D eigenvalue weighted by atomic mass is 10.1. The summed E-state index contributed by atoms with van der Waals surface area (Å²) in [5.41, 5.74) is 1.71. The number of nitrogens with zero attached hydrogens (tertiary/aromatic N) is 2. The Bertz CT molecular complexity index is 912. The molecule has 180 valence electrons. The molecule has 0 bridgehead atoms. The molecule has 0 fully saturated rings. The molecule has 8 nitrogen and oxygen atoms in total. The third-order valence-corrected chi connectivity index (χ3v) is 5.55. The lowest BCUT2D eigenvalue weighted by Crippen LogP contribution is -2.47. The van der Waals surface area contributed by atoms with E-state index in [1.54, 1.807) is 47.5 Å². The van der Waals surface area contributed by atoms with E-state index in [9.17, 15) is 9.50 Å². The van der Waals surface area contributed by atoms with E-state index < -0.39 is 24.9 Å². The summed E-state index contributed by atoms with van der Waals surface area (Å²) in [4.78, 5) is 6.30. The summed E-state index contributed by atoms with van der Waals surface area (Å²) in [6, 6.07) is 10.6. The monoisotopic (exact) mass is 462 g/mol. The van der Waals surface area contributed by atoms with Gasteiger partial charge in [0.1, 0.15) is 23.0 Å². The van der Waals surface area contributed by atoms with Gasteiger partial charge in [0, 0.05) is 23.3 Å². The highest BCUT2D eigenvalue weighted by Gasteiger charge is 2.35. The second kappa shape index (κ2) is 11.1. The molecule has 2 aromatic rings. The number of alkyl halides is 1. The Kier molecular flexibility index (Phi) is 8.21. The van der Waals surface area contributed by atoms with Gasteiger partial charge in [0.2, 0.25) is 0 Å². The van der Waals surface area contributed by atoms with Crippen molar-refractivity contribution in [2.24, 2.45) is 4.99 Å². The molecule has 1 N–H and O–H groups in total. The average molecular weight is 463 g/mol. The van der Waals surface area contributed by atoms with Gasteiger partial charge in [-0.15, -0.1) is 0 Å². The molecule has 33 heavy (non-hydrogen) atoms. The molecule has 3 rings (SSSR count). The number of aliphatic imine (C=N–C) groups is 1. The highest BCUT2D eigenvalue weighted by Crippen LogP contribution is 2.30. The first-order valence-electron chi connectivity index (χ1n) is 10.6. The van der Waals surface area contributed by atoms with E-state index in [-0.39, 0.29) is 6.02 Å². The number of methoxy groups -OCH3 is 4. The van der Waals surface area contributed by atoms with Gasteiger partial charge in [-0.1, -0.05) is 0 Å². The minimum atomic E-state index is -1.40. The number of halogens is 1. The van der Waals surface area contributed by atoms with E-state index in [1.165, 1.54) is 0 Å². The molecule has 2 aromatic carbocycles. The molecule has 0 saturated carbocycles. The Labute approximate surface area is 193 Å². The van der Waals surface area contributed by atoms with E-state index in [0.29, 0.717) is 36.1 Å². The van der Waals surface area contributed by atoms with Crippen molar-refractivity contribution in [2.75, 3.05) is 35.0 Å². The van der Waals surface area contributed by atoms with Crippen LogP contribution in [0.4, 0.5) is 4.39 Å². The van der Waals surface area contributed by atoms with E-state index in [2.05, 4.69) is 4.99 Å². The van der Waals surface area contributed by atoms with E-state index in [0.717, 1.165) is 11.1 Å². The summed E-state index contributed by atoms with van der Waals surface area (Å²) in [5.74, 6) is 2.60. The van der Waals surface area contributed by atoms with E-state index in [4.69, 9.17) is 23.7 Å². The van der Waals surface area contributed by atoms with Crippen LogP contribution in [0.1, 0.15) is 18.1 Å². The van der Waals surface area contributed by atoms with Crippen LogP contribution in [0.3, 0.4) is 0 Å². The summed E-state index contributed by atoms with van der Waals surface area (Å²) in [6.07, 6.45) is -2.39. The van der Waals surface area contributed by atoms with Gasteiger partial charge in [0.25, 0.3) is 6.02 Å². The number of rotatable bonds is 9. The van der Waals surface area contributed by atoms with Gasteiger partial charge in [-0.3, -0.25) is 0 Å².